The van der Waals surface area contributed by atoms with Crippen LogP contribution in [0.4, 0.5) is 0 Å². The van der Waals surface area contributed by atoms with E-state index in [-0.39, 0.29) is 18.3 Å². The van der Waals surface area contributed by atoms with Crippen molar-refractivity contribution in [1.29, 1.82) is 0 Å². The molecule has 0 fully saturated rings. The molecule has 1 aromatic carbocycles. The van der Waals surface area contributed by atoms with Crippen molar-refractivity contribution >= 4 is 17.7 Å². The van der Waals surface area contributed by atoms with Crippen LogP contribution in [0.2, 0.25) is 0 Å². The summed E-state index contributed by atoms with van der Waals surface area (Å²) in [6.45, 7) is 2.79. The Hall–Kier alpha value is -1.79. The van der Waals surface area contributed by atoms with Gasteiger partial charge in [0.25, 0.3) is 5.91 Å². The van der Waals surface area contributed by atoms with Gasteiger partial charge in [0.05, 0.1) is 0 Å². The number of amides is 1. The number of carbonyl (C=O) groups excluding carboxylic acids is 1. The molecule has 0 saturated carbocycles. The third-order valence-electron chi connectivity index (χ3n) is 3.06. The molecule has 0 aliphatic heterocycles. The molecule has 1 amide bonds. The van der Waals surface area contributed by atoms with E-state index in [1.165, 1.54) is 5.56 Å². The molecule has 2 N–H and O–H groups in total. The van der Waals surface area contributed by atoms with E-state index >= 15 is 0 Å². The van der Waals surface area contributed by atoms with E-state index in [1.807, 2.05) is 31.2 Å². The summed E-state index contributed by atoms with van der Waals surface area (Å²) < 4.78 is 5.10. The van der Waals surface area contributed by atoms with Gasteiger partial charge in [-0.05, 0) is 19.1 Å². The predicted octanol–water partition coefficient (Wildman–Crippen LogP) is 2.50. The molecular weight excluding hydrogens is 300 g/mol. The number of hydrogen-bond donors (Lipinski definition) is 2. The first kappa shape index (κ1) is 16.6. The number of aryl methyl sites for hydroxylation is 1. The Bertz CT molecular complexity index is 596. The fourth-order valence-corrected chi connectivity index (χ4v) is 2.62. The number of nitrogens with zero attached hydrogens (tertiary/aromatic N) is 1. The molecule has 5 nitrogen and oxygen atoms in total. The maximum atomic E-state index is 11.9. The lowest BCUT2D eigenvalue weighted by Crippen LogP contribution is -2.25. The molecule has 118 valence electrons. The first-order valence-corrected chi connectivity index (χ1v) is 8.36. The maximum absolute atomic E-state index is 11.9. The van der Waals surface area contributed by atoms with Crippen LogP contribution in [0.1, 0.15) is 22.5 Å². The van der Waals surface area contributed by atoms with Crippen LogP contribution in [0.5, 0.6) is 0 Å². The summed E-state index contributed by atoms with van der Waals surface area (Å²) in [6, 6.07) is 9.54. The summed E-state index contributed by atoms with van der Waals surface area (Å²) in [6.07, 6.45) is 0.778. The Morgan fingerprint density at radius 2 is 2.09 bits per heavy atom. The number of hydrogen-bond acceptors (Lipinski definition) is 5. The van der Waals surface area contributed by atoms with Crippen molar-refractivity contribution in [3.63, 3.8) is 0 Å². The van der Waals surface area contributed by atoms with Gasteiger partial charge < -0.3 is 14.9 Å². The average molecular weight is 320 g/mol. The van der Waals surface area contributed by atoms with E-state index in [9.17, 15) is 4.79 Å². The molecular formula is C16H20N2O3S. The molecule has 2 rings (SSSR count). The monoisotopic (exact) mass is 320 g/mol. The van der Waals surface area contributed by atoms with Crippen molar-refractivity contribution in [2.75, 3.05) is 24.7 Å². The Labute approximate surface area is 134 Å². The molecule has 1 heterocycles. The highest BCUT2D eigenvalue weighted by atomic mass is 32.2. The first-order chi connectivity index (χ1) is 10.7. The number of benzene rings is 1. The van der Waals surface area contributed by atoms with E-state index < -0.39 is 0 Å². The second-order valence-electron chi connectivity index (χ2n) is 4.89. The Morgan fingerprint density at radius 1 is 1.32 bits per heavy atom. The van der Waals surface area contributed by atoms with Crippen LogP contribution in [0.25, 0.3) is 11.3 Å². The van der Waals surface area contributed by atoms with Crippen molar-refractivity contribution in [2.24, 2.45) is 0 Å². The van der Waals surface area contributed by atoms with Gasteiger partial charge in [0.1, 0.15) is 5.69 Å². The summed E-state index contributed by atoms with van der Waals surface area (Å²) in [4.78, 5) is 11.9. The molecule has 1 aromatic heterocycles. The van der Waals surface area contributed by atoms with Crippen LogP contribution >= 0.6 is 11.8 Å². The fourth-order valence-electron chi connectivity index (χ4n) is 1.84. The molecule has 0 saturated heterocycles. The highest BCUT2D eigenvalue weighted by molar-refractivity contribution is 7.99. The zero-order chi connectivity index (χ0) is 15.8. The zero-order valence-electron chi connectivity index (χ0n) is 12.5. The van der Waals surface area contributed by atoms with Crippen LogP contribution in [0, 0.1) is 6.92 Å². The van der Waals surface area contributed by atoms with E-state index in [0.717, 1.165) is 23.5 Å². The lowest BCUT2D eigenvalue weighted by Gasteiger charge is -2.02. The van der Waals surface area contributed by atoms with E-state index in [2.05, 4.69) is 10.5 Å². The summed E-state index contributed by atoms with van der Waals surface area (Å²) in [5, 5.41) is 15.4. The molecule has 0 radical (unpaired) electrons. The van der Waals surface area contributed by atoms with Gasteiger partial charge in [-0.25, -0.2) is 0 Å². The van der Waals surface area contributed by atoms with Gasteiger partial charge in [-0.1, -0.05) is 35.0 Å². The Morgan fingerprint density at radius 3 is 2.82 bits per heavy atom. The Kier molecular flexibility index (Phi) is 6.48. The third-order valence-corrected chi connectivity index (χ3v) is 4.13. The molecule has 0 atom stereocenters. The lowest BCUT2D eigenvalue weighted by molar-refractivity contribution is 0.0919. The van der Waals surface area contributed by atoms with Gasteiger partial charge in [-0.2, -0.15) is 11.8 Å². The van der Waals surface area contributed by atoms with Gasteiger partial charge >= 0.3 is 0 Å². The number of carbonyl (C=O) groups is 1. The largest absolute Gasteiger partial charge is 0.396 e. The highest BCUT2D eigenvalue weighted by Crippen LogP contribution is 2.19. The van der Waals surface area contributed by atoms with Gasteiger partial charge in [0.15, 0.2) is 0 Å². The molecule has 0 unspecified atom stereocenters. The van der Waals surface area contributed by atoms with Crippen molar-refractivity contribution in [2.45, 2.75) is 13.3 Å². The van der Waals surface area contributed by atoms with Crippen molar-refractivity contribution in [3.8, 4) is 11.3 Å². The van der Waals surface area contributed by atoms with Gasteiger partial charge in [0, 0.05) is 30.5 Å². The van der Waals surface area contributed by atoms with E-state index in [4.69, 9.17) is 9.63 Å². The van der Waals surface area contributed by atoms with Crippen LogP contribution in [0.15, 0.2) is 34.9 Å². The minimum Gasteiger partial charge on any atom is -0.396 e. The van der Waals surface area contributed by atoms with Crippen molar-refractivity contribution in [1.82, 2.24) is 10.5 Å². The maximum Gasteiger partial charge on any atom is 0.289 e. The standard InChI is InChI=1S/C16H20N2O3S/c1-12-3-5-13(6-4-12)14-11-15(21-18-14)16(20)17-7-10-22-9-2-8-19/h3-6,11,19H,2,7-10H2,1H3,(H,17,20). The molecule has 0 aliphatic carbocycles. The topological polar surface area (TPSA) is 75.4 Å². The molecule has 0 aliphatic rings. The number of nitrogens with one attached hydrogen (secondary N) is 1. The zero-order valence-corrected chi connectivity index (χ0v) is 13.4. The van der Waals surface area contributed by atoms with Crippen LogP contribution < -0.4 is 5.32 Å². The minimum atomic E-state index is -0.256. The summed E-state index contributed by atoms with van der Waals surface area (Å²) in [5.41, 5.74) is 2.75. The van der Waals surface area contributed by atoms with E-state index in [0.29, 0.717) is 12.2 Å². The van der Waals surface area contributed by atoms with Crippen molar-refractivity contribution < 1.29 is 14.4 Å². The number of thioether (sulfide) groups is 1. The molecule has 22 heavy (non-hydrogen) atoms. The summed E-state index contributed by atoms with van der Waals surface area (Å²) in [5.74, 6) is 1.67. The second kappa shape index (κ2) is 8.60. The summed E-state index contributed by atoms with van der Waals surface area (Å²) in [7, 11) is 0. The van der Waals surface area contributed by atoms with E-state index in [1.54, 1.807) is 17.8 Å². The van der Waals surface area contributed by atoms with Crippen LogP contribution in [-0.4, -0.2) is 40.8 Å². The van der Waals surface area contributed by atoms with Crippen LogP contribution in [-0.2, 0) is 0 Å². The number of aliphatic hydroxyl groups is 1. The number of aliphatic hydroxyl groups excluding tert-OH is 1. The summed E-state index contributed by atoms with van der Waals surface area (Å²) >= 11 is 1.70. The molecule has 6 heteroatoms. The predicted molar refractivity (Wildman–Crippen MR) is 88.0 cm³/mol. The van der Waals surface area contributed by atoms with Crippen LogP contribution in [0.3, 0.4) is 0 Å². The second-order valence-corrected chi connectivity index (χ2v) is 6.11. The number of rotatable bonds is 8. The smallest absolute Gasteiger partial charge is 0.289 e. The first-order valence-electron chi connectivity index (χ1n) is 7.21. The van der Waals surface area contributed by atoms with Gasteiger partial charge in [0.2, 0.25) is 5.76 Å². The molecule has 2 aromatic rings. The highest BCUT2D eigenvalue weighted by Gasteiger charge is 2.13. The SMILES string of the molecule is Cc1ccc(-c2cc(C(=O)NCCSCCCO)on2)cc1. The normalized spacial score (nSPS) is 10.6. The van der Waals surface area contributed by atoms with Gasteiger partial charge in [-0.15, -0.1) is 0 Å². The molecule has 0 bridgehead atoms. The minimum absolute atomic E-state index is 0.208. The average Bonchev–Trinajstić information content (AvgIpc) is 3.01. The Balaban J connectivity index is 1.83. The fraction of sp³-hybridized carbons (Fsp3) is 0.375. The third kappa shape index (κ3) is 4.89. The number of aromatic nitrogens is 1. The van der Waals surface area contributed by atoms with Gasteiger partial charge in [-0.3, -0.25) is 4.79 Å². The quantitative estimate of drug-likeness (QED) is 0.731. The molecule has 0 spiro atoms. The van der Waals surface area contributed by atoms with Crippen molar-refractivity contribution in [3.05, 3.63) is 41.7 Å². The lowest BCUT2D eigenvalue weighted by atomic mass is 10.1.